The van der Waals surface area contributed by atoms with E-state index in [0.717, 1.165) is 18.8 Å². The molecule has 2 N–H and O–H groups in total. The number of halogens is 1. The monoisotopic (exact) mass is 294 g/mol. The molecule has 1 aromatic rings. The van der Waals surface area contributed by atoms with E-state index in [0.29, 0.717) is 17.8 Å². The fourth-order valence-corrected chi connectivity index (χ4v) is 3.48. The lowest BCUT2D eigenvalue weighted by atomic mass is 10.1. The van der Waals surface area contributed by atoms with Gasteiger partial charge in [0.2, 0.25) is 5.91 Å². The van der Waals surface area contributed by atoms with Gasteiger partial charge >= 0.3 is 0 Å². The zero-order chi connectivity index (χ0) is 13.2. The van der Waals surface area contributed by atoms with Crippen molar-refractivity contribution in [1.29, 1.82) is 0 Å². The molecular formula is C16H23ClN2O. The first-order chi connectivity index (χ1) is 9.31. The summed E-state index contributed by atoms with van der Waals surface area (Å²) in [6.45, 7) is 3.84. The molecule has 1 amide bonds. The fraction of sp³-hybridized carbons (Fsp3) is 0.562. The van der Waals surface area contributed by atoms with Gasteiger partial charge in [-0.05, 0) is 42.9 Å². The molecule has 2 fully saturated rings. The summed E-state index contributed by atoms with van der Waals surface area (Å²) in [6, 6.07) is 8.09. The van der Waals surface area contributed by atoms with Crippen LogP contribution in [-0.2, 0) is 11.3 Å². The van der Waals surface area contributed by atoms with E-state index in [9.17, 15) is 4.79 Å². The number of carbonyl (C=O) groups is 1. The maximum absolute atomic E-state index is 12.3. The van der Waals surface area contributed by atoms with E-state index >= 15 is 0 Å². The lowest BCUT2D eigenvalue weighted by Gasteiger charge is -2.12. The largest absolute Gasteiger partial charge is 0.326 e. The van der Waals surface area contributed by atoms with Crippen molar-refractivity contribution in [3.8, 4) is 0 Å². The Labute approximate surface area is 126 Å². The van der Waals surface area contributed by atoms with Gasteiger partial charge in [0, 0.05) is 18.2 Å². The summed E-state index contributed by atoms with van der Waals surface area (Å²) >= 11 is 0. The molecule has 110 valence electrons. The Hall–Kier alpha value is -1.06. The van der Waals surface area contributed by atoms with Crippen molar-refractivity contribution in [3.63, 3.8) is 0 Å². The molecule has 0 radical (unpaired) electrons. The standard InChI is InChI=1S/C16H22N2O.ClH/c1-2-17-10-11-6-3-4-9-14(11)18-16(19)15-12-7-5-8-13(12)15;/h3-4,6,9,12-13,15,17H,2,5,7-8,10H2,1H3,(H,18,19);1H. The molecule has 2 atom stereocenters. The third-order valence-electron chi connectivity index (χ3n) is 4.55. The fourth-order valence-electron chi connectivity index (χ4n) is 3.48. The molecule has 2 unspecified atom stereocenters. The molecule has 2 aliphatic carbocycles. The van der Waals surface area contributed by atoms with E-state index < -0.39 is 0 Å². The molecule has 1 aromatic carbocycles. The molecule has 3 rings (SSSR count). The molecular weight excluding hydrogens is 272 g/mol. The second kappa shape index (κ2) is 6.59. The molecule has 3 nitrogen and oxygen atoms in total. The summed E-state index contributed by atoms with van der Waals surface area (Å²) in [7, 11) is 0. The van der Waals surface area contributed by atoms with Gasteiger partial charge in [-0.3, -0.25) is 4.79 Å². The van der Waals surface area contributed by atoms with Gasteiger partial charge in [0.1, 0.15) is 0 Å². The molecule has 0 aromatic heterocycles. The predicted molar refractivity (Wildman–Crippen MR) is 84.0 cm³/mol. The number of carbonyl (C=O) groups excluding carboxylic acids is 1. The third-order valence-corrected chi connectivity index (χ3v) is 4.55. The smallest absolute Gasteiger partial charge is 0.228 e. The van der Waals surface area contributed by atoms with Crippen molar-refractivity contribution in [2.75, 3.05) is 11.9 Å². The average molecular weight is 295 g/mol. The summed E-state index contributed by atoms with van der Waals surface area (Å²) in [5.74, 6) is 1.89. The minimum absolute atomic E-state index is 0. The lowest BCUT2D eigenvalue weighted by Crippen LogP contribution is -2.19. The molecule has 0 saturated heterocycles. The molecule has 20 heavy (non-hydrogen) atoms. The van der Waals surface area contributed by atoms with Crippen LogP contribution >= 0.6 is 12.4 Å². The molecule has 4 heteroatoms. The van der Waals surface area contributed by atoms with E-state index in [1.54, 1.807) is 0 Å². The first-order valence-corrected chi connectivity index (χ1v) is 7.40. The first kappa shape index (κ1) is 15.3. The van der Waals surface area contributed by atoms with Gasteiger partial charge < -0.3 is 10.6 Å². The van der Waals surface area contributed by atoms with Crippen molar-refractivity contribution < 1.29 is 4.79 Å². The number of anilines is 1. The van der Waals surface area contributed by atoms with Crippen LogP contribution < -0.4 is 10.6 Å². The minimum Gasteiger partial charge on any atom is -0.326 e. The highest BCUT2D eigenvalue weighted by atomic mass is 35.5. The average Bonchev–Trinajstić information content (AvgIpc) is 2.92. The molecule has 0 bridgehead atoms. The van der Waals surface area contributed by atoms with Crippen molar-refractivity contribution in [2.45, 2.75) is 32.7 Å². The molecule has 0 spiro atoms. The van der Waals surface area contributed by atoms with E-state index in [4.69, 9.17) is 0 Å². The maximum Gasteiger partial charge on any atom is 0.228 e. The highest BCUT2D eigenvalue weighted by molar-refractivity contribution is 5.95. The van der Waals surface area contributed by atoms with Crippen LogP contribution in [0.5, 0.6) is 0 Å². The van der Waals surface area contributed by atoms with Crippen LogP contribution in [0.4, 0.5) is 5.69 Å². The second-order valence-corrected chi connectivity index (χ2v) is 5.71. The van der Waals surface area contributed by atoms with Crippen molar-refractivity contribution in [2.24, 2.45) is 17.8 Å². The van der Waals surface area contributed by atoms with Crippen LogP contribution in [0.2, 0.25) is 0 Å². The number of fused-ring (bicyclic) bond motifs is 1. The lowest BCUT2D eigenvalue weighted by molar-refractivity contribution is -0.118. The summed E-state index contributed by atoms with van der Waals surface area (Å²) in [6.07, 6.45) is 3.82. The summed E-state index contributed by atoms with van der Waals surface area (Å²) < 4.78 is 0. The quantitative estimate of drug-likeness (QED) is 0.875. The number of amides is 1. The molecule has 2 saturated carbocycles. The number of hydrogen-bond acceptors (Lipinski definition) is 2. The van der Waals surface area contributed by atoms with Crippen LogP contribution in [0.3, 0.4) is 0 Å². The van der Waals surface area contributed by atoms with Gasteiger partial charge in [-0.1, -0.05) is 31.5 Å². The van der Waals surface area contributed by atoms with Crippen LogP contribution in [-0.4, -0.2) is 12.5 Å². The van der Waals surface area contributed by atoms with Gasteiger partial charge in [0.15, 0.2) is 0 Å². The topological polar surface area (TPSA) is 41.1 Å². The number of benzene rings is 1. The van der Waals surface area contributed by atoms with Crippen LogP contribution in [0.15, 0.2) is 24.3 Å². The number of para-hydroxylation sites is 1. The summed E-state index contributed by atoms with van der Waals surface area (Å²) in [4.78, 5) is 12.3. The maximum atomic E-state index is 12.3. The SMILES string of the molecule is CCNCc1ccccc1NC(=O)C1C2CCCC21.Cl. The van der Waals surface area contributed by atoms with E-state index in [2.05, 4.69) is 23.6 Å². The Kier molecular flexibility index (Phi) is 5.06. The Morgan fingerprint density at radius 1 is 1.25 bits per heavy atom. The predicted octanol–water partition coefficient (Wildman–Crippen LogP) is 3.20. The van der Waals surface area contributed by atoms with Crippen LogP contribution in [0.1, 0.15) is 31.7 Å². The Balaban J connectivity index is 0.00000147. The Morgan fingerprint density at radius 3 is 2.65 bits per heavy atom. The van der Waals surface area contributed by atoms with Crippen molar-refractivity contribution in [3.05, 3.63) is 29.8 Å². The summed E-state index contributed by atoms with van der Waals surface area (Å²) in [5.41, 5.74) is 2.14. The van der Waals surface area contributed by atoms with Gasteiger partial charge in [-0.2, -0.15) is 0 Å². The van der Waals surface area contributed by atoms with Gasteiger partial charge in [-0.15, -0.1) is 12.4 Å². The highest BCUT2D eigenvalue weighted by Gasteiger charge is 2.56. The Bertz CT molecular complexity index is 467. The number of rotatable bonds is 5. The van der Waals surface area contributed by atoms with E-state index in [-0.39, 0.29) is 18.3 Å². The van der Waals surface area contributed by atoms with E-state index in [1.807, 2.05) is 18.2 Å². The van der Waals surface area contributed by atoms with Crippen molar-refractivity contribution >= 4 is 24.0 Å². The summed E-state index contributed by atoms with van der Waals surface area (Å²) in [5, 5.41) is 6.44. The Morgan fingerprint density at radius 2 is 1.95 bits per heavy atom. The minimum atomic E-state index is 0. The van der Waals surface area contributed by atoms with Crippen molar-refractivity contribution in [1.82, 2.24) is 5.32 Å². The highest BCUT2D eigenvalue weighted by Crippen LogP contribution is 2.57. The normalized spacial score (nSPS) is 26.6. The number of hydrogen-bond donors (Lipinski definition) is 2. The van der Waals surface area contributed by atoms with E-state index in [1.165, 1.54) is 24.8 Å². The zero-order valence-electron chi connectivity index (χ0n) is 11.9. The van der Waals surface area contributed by atoms with Gasteiger partial charge in [0.25, 0.3) is 0 Å². The molecule has 0 heterocycles. The van der Waals surface area contributed by atoms with Crippen LogP contribution in [0.25, 0.3) is 0 Å². The zero-order valence-corrected chi connectivity index (χ0v) is 12.7. The molecule has 0 aliphatic heterocycles. The third kappa shape index (κ3) is 2.99. The first-order valence-electron chi connectivity index (χ1n) is 7.40. The molecule has 2 aliphatic rings. The van der Waals surface area contributed by atoms with Crippen LogP contribution in [0, 0.1) is 17.8 Å². The van der Waals surface area contributed by atoms with Gasteiger partial charge in [0.05, 0.1) is 0 Å². The second-order valence-electron chi connectivity index (χ2n) is 5.71. The number of nitrogens with one attached hydrogen (secondary N) is 2. The van der Waals surface area contributed by atoms with Gasteiger partial charge in [-0.25, -0.2) is 0 Å².